The molecule has 0 radical (unpaired) electrons. The molecule has 18 heavy (non-hydrogen) atoms. The van der Waals surface area contributed by atoms with Gasteiger partial charge in [-0.25, -0.2) is 17.9 Å². The van der Waals surface area contributed by atoms with E-state index in [-0.39, 0.29) is 10.9 Å². The molecule has 2 N–H and O–H groups in total. The molecular formula is C11H16N2O4S. The zero-order chi connectivity index (χ0) is 13.8. The SMILES string of the molecule is COC(=O)NS(=O)(=O)c1ccc(NC(C)C)cc1. The fourth-order valence-corrected chi connectivity index (χ4v) is 2.19. The highest BCUT2D eigenvalue weighted by atomic mass is 32.2. The van der Waals surface area contributed by atoms with Crippen LogP contribution >= 0.6 is 0 Å². The van der Waals surface area contributed by atoms with E-state index in [2.05, 4.69) is 10.1 Å². The van der Waals surface area contributed by atoms with E-state index in [4.69, 9.17) is 0 Å². The normalized spacial score (nSPS) is 11.1. The number of ether oxygens (including phenoxy) is 1. The number of nitrogens with one attached hydrogen (secondary N) is 2. The molecule has 0 aromatic heterocycles. The number of carbonyl (C=O) groups excluding carboxylic acids is 1. The smallest absolute Gasteiger partial charge is 0.420 e. The van der Waals surface area contributed by atoms with Gasteiger partial charge in [0, 0.05) is 11.7 Å². The number of sulfonamides is 1. The van der Waals surface area contributed by atoms with E-state index in [0.29, 0.717) is 0 Å². The van der Waals surface area contributed by atoms with E-state index >= 15 is 0 Å². The zero-order valence-electron chi connectivity index (χ0n) is 10.4. The topological polar surface area (TPSA) is 84.5 Å². The summed E-state index contributed by atoms with van der Waals surface area (Å²) in [5, 5.41) is 3.13. The summed E-state index contributed by atoms with van der Waals surface area (Å²) >= 11 is 0. The van der Waals surface area contributed by atoms with Gasteiger partial charge in [-0.15, -0.1) is 0 Å². The third-order valence-corrected chi connectivity index (χ3v) is 3.35. The average Bonchev–Trinajstić information content (AvgIpc) is 2.28. The second-order valence-corrected chi connectivity index (χ2v) is 5.60. The minimum Gasteiger partial charge on any atom is -0.452 e. The summed E-state index contributed by atoms with van der Waals surface area (Å²) in [5.74, 6) is 0. The molecule has 7 heteroatoms. The summed E-state index contributed by atoms with van der Waals surface area (Å²) in [5.41, 5.74) is 0.807. The van der Waals surface area contributed by atoms with Crippen LogP contribution in [0.15, 0.2) is 29.2 Å². The van der Waals surface area contributed by atoms with Crippen molar-refractivity contribution in [2.24, 2.45) is 0 Å². The summed E-state index contributed by atoms with van der Waals surface area (Å²) in [6.07, 6.45) is -1.01. The number of hydrogen-bond acceptors (Lipinski definition) is 5. The lowest BCUT2D eigenvalue weighted by molar-refractivity contribution is 0.177. The summed E-state index contributed by atoms with van der Waals surface area (Å²) in [6.45, 7) is 3.95. The standard InChI is InChI=1S/C11H16N2O4S/c1-8(2)12-9-4-6-10(7-5-9)18(15,16)13-11(14)17-3/h4-8,12H,1-3H3,(H,13,14). The van der Waals surface area contributed by atoms with Crippen molar-refractivity contribution in [3.05, 3.63) is 24.3 Å². The Morgan fingerprint density at radius 2 is 1.78 bits per heavy atom. The van der Waals surface area contributed by atoms with E-state index in [1.54, 1.807) is 16.9 Å². The van der Waals surface area contributed by atoms with E-state index in [0.717, 1.165) is 12.8 Å². The molecule has 1 aromatic carbocycles. The zero-order valence-corrected chi connectivity index (χ0v) is 11.2. The van der Waals surface area contributed by atoms with Gasteiger partial charge in [-0.1, -0.05) is 0 Å². The molecule has 1 rings (SSSR count). The average molecular weight is 272 g/mol. The van der Waals surface area contributed by atoms with Gasteiger partial charge in [0.15, 0.2) is 0 Å². The van der Waals surface area contributed by atoms with Crippen molar-refractivity contribution in [3.8, 4) is 0 Å². The number of rotatable bonds is 4. The number of anilines is 1. The molecule has 6 nitrogen and oxygen atoms in total. The van der Waals surface area contributed by atoms with E-state index in [1.165, 1.54) is 12.1 Å². The summed E-state index contributed by atoms with van der Waals surface area (Å²) in [6, 6.07) is 6.34. The van der Waals surface area contributed by atoms with Crippen molar-refractivity contribution in [2.45, 2.75) is 24.8 Å². The van der Waals surface area contributed by atoms with Crippen LogP contribution in [0.3, 0.4) is 0 Å². The molecule has 0 aliphatic rings. The fourth-order valence-electron chi connectivity index (χ4n) is 1.27. The van der Waals surface area contributed by atoms with Crippen LogP contribution in [0, 0.1) is 0 Å². The Kier molecular flexibility index (Phi) is 4.55. The van der Waals surface area contributed by atoms with E-state index < -0.39 is 16.1 Å². The lowest BCUT2D eigenvalue weighted by Gasteiger charge is -2.10. The van der Waals surface area contributed by atoms with Gasteiger partial charge < -0.3 is 10.1 Å². The molecule has 0 aliphatic carbocycles. The fraction of sp³-hybridized carbons (Fsp3) is 0.364. The van der Waals surface area contributed by atoms with Crippen LogP contribution in [0.25, 0.3) is 0 Å². The Hall–Kier alpha value is -1.76. The molecule has 0 atom stereocenters. The van der Waals surface area contributed by atoms with Gasteiger partial charge >= 0.3 is 6.09 Å². The van der Waals surface area contributed by atoms with Crippen LogP contribution in [-0.2, 0) is 14.8 Å². The van der Waals surface area contributed by atoms with Crippen LogP contribution < -0.4 is 10.0 Å². The third kappa shape index (κ3) is 3.92. The molecule has 1 amide bonds. The number of methoxy groups -OCH3 is 1. The summed E-state index contributed by atoms with van der Waals surface area (Å²) < 4.78 is 29.4. The van der Waals surface area contributed by atoms with E-state index in [9.17, 15) is 13.2 Å². The monoisotopic (exact) mass is 272 g/mol. The first-order chi connectivity index (χ1) is 8.35. The van der Waals surface area contributed by atoms with Crippen LogP contribution in [-0.4, -0.2) is 27.7 Å². The number of hydrogen-bond donors (Lipinski definition) is 2. The molecule has 1 aromatic rings. The molecule has 0 spiro atoms. The van der Waals surface area contributed by atoms with Gasteiger partial charge in [-0.2, -0.15) is 0 Å². The first-order valence-electron chi connectivity index (χ1n) is 5.32. The molecule has 0 saturated carbocycles. The molecular weight excluding hydrogens is 256 g/mol. The molecule has 0 saturated heterocycles. The predicted molar refractivity (Wildman–Crippen MR) is 67.9 cm³/mol. The van der Waals surface area contributed by atoms with E-state index in [1.807, 2.05) is 13.8 Å². The highest BCUT2D eigenvalue weighted by Crippen LogP contribution is 2.14. The highest BCUT2D eigenvalue weighted by molar-refractivity contribution is 7.90. The Balaban J connectivity index is 2.87. The number of benzene rings is 1. The first-order valence-corrected chi connectivity index (χ1v) is 6.81. The minimum atomic E-state index is -3.87. The Morgan fingerprint density at radius 1 is 1.22 bits per heavy atom. The van der Waals surface area contributed by atoms with Crippen LogP contribution in [0.1, 0.15) is 13.8 Å². The molecule has 0 bridgehead atoms. The van der Waals surface area contributed by atoms with Gasteiger partial charge in [0.05, 0.1) is 12.0 Å². The predicted octanol–water partition coefficient (Wildman–Crippen LogP) is 1.55. The van der Waals surface area contributed by atoms with Crippen LogP contribution in [0.2, 0.25) is 0 Å². The maximum atomic E-state index is 11.7. The molecule has 0 unspecified atom stereocenters. The van der Waals surface area contributed by atoms with Gasteiger partial charge in [0.25, 0.3) is 10.0 Å². The second-order valence-electron chi connectivity index (χ2n) is 3.92. The lowest BCUT2D eigenvalue weighted by atomic mass is 10.3. The van der Waals surface area contributed by atoms with Gasteiger partial charge in [0.2, 0.25) is 0 Å². The summed E-state index contributed by atoms with van der Waals surface area (Å²) in [7, 11) is -2.77. The maximum Gasteiger partial charge on any atom is 0.420 e. The Morgan fingerprint density at radius 3 is 2.22 bits per heavy atom. The van der Waals surface area contributed by atoms with Gasteiger partial charge in [-0.05, 0) is 38.1 Å². The second kappa shape index (κ2) is 5.72. The van der Waals surface area contributed by atoms with Gasteiger partial charge in [0.1, 0.15) is 0 Å². The van der Waals surface area contributed by atoms with Crippen molar-refractivity contribution >= 4 is 21.8 Å². The minimum absolute atomic E-state index is 0.00204. The quantitative estimate of drug-likeness (QED) is 0.868. The van der Waals surface area contributed by atoms with Crippen LogP contribution in [0.5, 0.6) is 0 Å². The molecule has 0 heterocycles. The summed E-state index contributed by atoms with van der Waals surface area (Å²) in [4.78, 5) is 10.9. The highest BCUT2D eigenvalue weighted by Gasteiger charge is 2.17. The molecule has 0 aliphatic heterocycles. The molecule has 100 valence electrons. The Bertz CT molecular complexity index is 508. The largest absolute Gasteiger partial charge is 0.452 e. The van der Waals surface area contributed by atoms with Crippen molar-refractivity contribution in [1.29, 1.82) is 0 Å². The van der Waals surface area contributed by atoms with Crippen LogP contribution in [0.4, 0.5) is 10.5 Å². The van der Waals surface area contributed by atoms with Crippen molar-refractivity contribution in [2.75, 3.05) is 12.4 Å². The maximum absolute atomic E-state index is 11.7. The number of amides is 1. The van der Waals surface area contributed by atoms with Crippen molar-refractivity contribution < 1.29 is 17.9 Å². The van der Waals surface area contributed by atoms with Gasteiger partial charge in [-0.3, -0.25) is 0 Å². The van der Waals surface area contributed by atoms with Crippen molar-refractivity contribution in [3.63, 3.8) is 0 Å². The van der Waals surface area contributed by atoms with Crippen molar-refractivity contribution in [1.82, 2.24) is 4.72 Å². The third-order valence-electron chi connectivity index (χ3n) is 2.02. The molecule has 0 fully saturated rings. The lowest BCUT2D eigenvalue weighted by Crippen LogP contribution is -2.30. The number of carbonyl (C=O) groups is 1. The Labute approximate surface area is 106 Å². The first kappa shape index (κ1) is 14.3.